The zero-order valence-corrected chi connectivity index (χ0v) is 10.2. The van der Waals surface area contributed by atoms with Crippen molar-refractivity contribution in [2.45, 2.75) is 17.4 Å². The number of nitrogens with two attached hydrogens (primary N) is 1. The average Bonchev–Trinajstić information content (AvgIpc) is 2.65. The van der Waals surface area contributed by atoms with E-state index in [0.717, 1.165) is 0 Å². The van der Waals surface area contributed by atoms with Crippen molar-refractivity contribution in [1.29, 1.82) is 0 Å². The van der Waals surface area contributed by atoms with Crippen LogP contribution in [0.25, 0.3) is 0 Å². The molecule has 1 aromatic carbocycles. The number of nitrogens with zero attached hydrogens (tertiary/aromatic N) is 1. The molecule has 1 heterocycles. The standard InChI is InChI=1S/C10H13ClN2O2S/c11-8-2-1-3-10(6-8)16(14,15)13-5-4-9(12)7-13/h1-3,6,9H,4-5,7,12H2. The van der Waals surface area contributed by atoms with Crippen LogP contribution in [0.15, 0.2) is 29.2 Å². The van der Waals surface area contributed by atoms with E-state index in [-0.39, 0.29) is 10.9 Å². The predicted octanol–water partition coefficient (Wildman–Crippen LogP) is 1.06. The van der Waals surface area contributed by atoms with Crippen molar-refractivity contribution in [1.82, 2.24) is 4.31 Å². The van der Waals surface area contributed by atoms with Crippen molar-refractivity contribution in [3.63, 3.8) is 0 Å². The Balaban J connectivity index is 2.32. The second-order valence-corrected chi connectivity index (χ2v) is 6.24. The summed E-state index contributed by atoms with van der Waals surface area (Å²) in [5.74, 6) is 0. The van der Waals surface area contributed by atoms with Gasteiger partial charge in [0.1, 0.15) is 0 Å². The number of sulfonamides is 1. The van der Waals surface area contributed by atoms with Gasteiger partial charge in [-0.1, -0.05) is 17.7 Å². The summed E-state index contributed by atoms with van der Waals surface area (Å²) in [6.07, 6.45) is 0.708. The lowest BCUT2D eigenvalue weighted by molar-refractivity contribution is 0.472. The van der Waals surface area contributed by atoms with E-state index >= 15 is 0 Å². The van der Waals surface area contributed by atoms with Crippen molar-refractivity contribution in [3.8, 4) is 0 Å². The molecule has 0 spiro atoms. The van der Waals surface area contributed by atoms with Gasteiger partial charge < -0.3 is 5.73 Å². The van der Waals surface area contributed by atoms with Crippen molar-refractivity contribution in [2.24, 2.45) is 5.73 Å². The maximum Gasteiger partial charge on any atom is 0.243 e. The summed E-state index contributed by atoms with van der Waals surface area (Å²) < 4.78 is 25.7. The molecule has 4 nitrogen and oxygen atoms in total. The Morgan fingerprint density at radius 2 is 2.19 bits per heavy atom. The van der Waals surface area contributed by atoms with Gasteiger partial charge >= 0.3 is 0 Å². The molecule has 1 unspecified atom stereocenters. The number of hydrogen-bond donors (Lipinski definition) is 1. The lowest BCUT2D eigenvalue weighted by Crippen LogP contribution is -2.31. The molecule has 16 heavy (non-hydrogen) atoms. The molecule has 1 fully saturated rings. The third-order valence-corrected chi connectivity index (χ3v) is 4.72. The molecular weight excluding hydrogens is 248 g/mol. The van der Waals surface area contributed by atoms with Crippen LogP contribution in [0.5, 0.6) is 0 Å². The molecule has 2 rings (SSSR count). The maximum atomic E-state index is 12.1. The summed E-state index contributed by atoms with van der Waals surface area (Å²) in [5, 5.41) is 0.421. The normalized spacial score (nSPS) is 22.5. The van der Waals surface area contributed by atoms with Gasteiger partial charge in [0.15, 0.2) is 0 Å². The first kappa shape index (κ1) is 11.9. The topological polar surface area (TPSA) is 63.4 Å². The Hall–Kier alpha value is -0.620. The molecule has 0 aliphatic carbocycles. The molecule has 88 valence electrons. The fraction of sp³-hybridized carbons (Fsp3) is 0.400. The van der Waals surface area contributed by atoms with Crippen molar-refractivity contribution in [3.05, 3.63) is 29.3 Å². The molecule has 6 heteroatoms. The van der Waals surface area contributed by atoms with Crippen molar-refractivity contribution in [2.75, 3.05) is 13.1 Å². The maximum absolute atomic E-state index is 12.1. The van der Waals surface area contributed by atoms with Crippen LogP contribution in [0.1, 0.15) is 6.42 Å². The molecule has 1 aliphatic rings. The van der Waals surface area contributed by atoms with Crippen LogP contribution in [0.2, 0.25) is 5.02 Å². The summed E-state index contributed by atoms with van der Waals surface area (Å²) in [5.41, 5.74) is 5.70. The highest BCUT2D eigenvalue weighted by atomic mass is 35.5. The van der Waals surface area contributed by atoms with Crippen LogP contribution in [0.3, 0.4) is 0 Å². The monoisotopic (exact) mass is 260 g/mol. The summed E-state index contributed by atoms with van der Waals surface area (Å²) >= 11 is 5.78. The molecule has 0 radical (unpaired) electrons. The van der Waals surface area contributed by atoms with E-state index in [1.165, 1.54) is 10.4 Å². The van der Waals surface area contributed by atoms with Gasteiger partial charge in [0.05, 0.1) is 4.90 Å². The number of hydrogen-bond acceptors (Lipinski definition) is 3. The lowest BCUT2D eigenvalue weighted by atomic mass is 10.3. The summed E-state index contributed by atoms with van der Waals surface area (Å²) in [7, 11) is -3.43. The van der Waals surface area contributed by atoms with Crippen molar-refractivity contribution >= 4 is 21.6 Å². The van der Waals surface area contributed by atoms with E-state index in [1.807, 2.05) is 0 Å². The fourth-order valence-electron chi connectivity index (χ4n) is 1.75. The second-order valence-electron chi connectivity index (χ2n) is 3.87. The Labute approximate surface area is 100 Å². The van der Waals surface area contributed by atoms with Gasteiger partial charge in [0.25, 0.3) is 0 Å². The van der Waals surface area contributed by atoms with Crippen LogP contribution in [-0.4, -0.2) is 31.9 Å². The molecule has 1 saturated heterocycles. The minimum atomic E-state index is -3.43. The molecule has 2 N–H and O–H groups in total. The zero-order chi connectivity index (χ0) is 11.8. The van der Waals surface area contributed by atoms with E-state index < -0.39 is 10.0 Å². The third kappa shape index (κ3) is 2.22. The number of rotatable bonds is 2. The molecule has 0 saturated carbocycles. The molecular formula is C10H13ClN2O2S. The molecule has 1 aromatic rings. The molecule has 0 aromatic heterocycles. The van der Waals surface area contributed by atoms with Gasteiger partial charge in [-0.25, -0.2) is 8.42 Å². The average molecular weight is 261 g/mol. The predicted molar refractivity (Wildman–Crippen MR) is 62.8 cm³/mol. The third-order valence-electron chi connectivity index (χ3n) is 2.62. The number of benzene rings is 1. The molecule has 1 aliphatic heterocycles. The van der Waals surface area contributed by atoms with E-state index in [2.05, 4.69) is 0 Å². The minimum absolute atomic E-state index is 0.0611. The highest BCUT2D eigenvalue weighted by molar-refractivity contribution is 7.89. The van der Waals surface area contributed by atoms with Crippen LogP contribution < -0.4 is 5.73 Å². The Morgan fingerprint density at radius 3 is 2.75 bits per heavy atom. The van der Waals surface area contributed by atoms with Crippen LogP contribution in [0, 0.1) is 0 Å². The minimum Gasteiger partial charge on any atom is -0.326 e. The van der Waals surface area contributed by atoms with Gasteiger partial charge in [-0.15, -0.1) is 0 Å². The fourth-order valence-corrected chi connectivity index (χ4v) is 3.56. The Bertz CT molecular complexity index is 489. The van der Waals surface area contributed by atoms with Gasteiger partial charge in [0, 0.05) is 24.2 Å². The van der Waals surface area contributed by atoms with Crippen molar-refractivity contribution < 1.29 is 8.42 Å². The SMILES string of the molecule is NC1CCN(S(=O)(=O)c2cccc(Cl)c2)C1. The highest BCUT2D eigenvalue weighted by Crippen LogP contribution is 2.22. The summed E-state index contributed by atoms with van der Waals surface area (Å²) in [4.78, 5) is 0.231. The highest BCUT2D eigenvalue weighted by Gasteiger charge is 2.30. The van der Waals surface area contributed by atoms with Crippen LogP contribution in [0.4, 0.5) is 0 Å². The van der Waals surface area contributed by atoms with E-state index in [4.69, 9.17) is 17.3 Å². The van der Waals surface area contributed by atoms with E-state index in [9.17, 15) is 8.42 Å². The quantitative estimate of drug-likeness (QED) is 0.865. The molecule has 0 amide bonds. The first-order chi connectivity index (χ1) is 7.50. The Kier molecular flexibility index (Phi) is 3.21. The summed E-state index contributed by atoms with van der Waals surface area (Å²) in [6, 6.07) is 6.22. The number of halogens is 1. The van der Waals surface area contributed by atoms with Gasteiger partial charge in [0.2, 0.25) is 10.0 Å². The van der Waals surface area contributed by atoms with Crippen LogP contribution >= 0.6 is 11.6 Å². The largest absolute Gasteiger partial charge is 0.326 e. The first-order valence-electron chi connectivity index (χ1n) is 5.01. The van der Waals surface area contributed by atoms with Gasteiger partial charge in [-0.05, 0) is 24.6 Å². The molecule has 1 atom stereocenters. The van der Waals surface area contributed by atoms with Crippen LogP contribution in [-0.2, 0) is 10.0 Å². The Morgan fingerprint density at radius 1 is 1.44 bits per heavy atom. The molecule has 0 bridgehead atoms. The summed E-state index contributed by atoms with van der Waals surface area (Å²) in [6.45, 7) is 0.866. The first-order valence-corrected chi connectivity index (χ1v) is 6.83. The van der Waals surface area contributed by atoms with E-state index in [1.54, 1.807) is 18.2 Å². The lowest BCUT2D eigenvalue weighted by Gasteiger charge is -2.15. The second kappa shape index (κ2) is 4.33. The smallest absolute Gasteiger partial charge is 0.243 e. The van der Waals surface area contributed by atoms with Gasteiger partial charge in [-0.3, -0.25) is 0 Å². The van der Waals surface area contributed by atoms with Gasteiger partial charge in [-0.2, -0.15) is 4.31 Å². The zero-order valence-electron chi connectivity index (χ0n) is 8.64. The van der Waals surface area contributed by atoms with E-state index in [0.29, 0.717) is 24.5 Å².